The summed E-state index contributed by atoms with van der Waals surface area (Å²) in [6.07, 6.45) is 1.99. The summed E-state index contributed by atoms with van der Waals surface area (Å²) < 4.78 is 2.05. The van der Waals surface area contributed by atoms with Crippen molar-refractivity contribution >= 4 is 28.0 Å². The number of aromatic nitrogens is 2. The van der Waals surface area contributed by atoms with Gasteiger partial charge >= 0.3 is 0 Å². The Hall–Kier alpha value is -1.60. The van der Waals surface area contributed by atoms with E-state index in [0.717, 1.165) is 16.5 Å². The van der Waals surface area contributed by atoms with Crippen LogP contribution >= 0.6 is 11.3 Å². The number of primary amides is 1. The first-order valence-corrected chi connectivity index (χ1v) is 7.06. The number of hydrogen-bond acceptors (Lipinski definition) is 5. The fourth-order valence-electron chi connectivity index (χ4n) is 2.05. The maximum atomic E-state index is 11.2. The van der Waals surface area contributed by atoms with Gasteiger partial charge in [-0.2, -0.15) is 0 Å². The molecule has 2 aromatic rings. The zero-order valence-electron chi connectivity index (χ0n) is 11.4. The van der Waals surface area contributed by atoms with E-state index in [2.05, 4.69) is 10.3 Å². The second kappa shape index (κ2) is 5.58. The monoisotopic (exact) mass is 281 g/mol. The van der Waals surface area contributed by atoms with Gasteiger partial charge in [-0.15, -0.1) is 11.3 Å². The van der Waals surface area contributed by atoms with Crippen LogP contribution in [0.3, 0.4) is 0 Å². The van der Waals surface area contributed by atoms with Crippen molar-refractivity contribution in [1.29, 1.82) is 0 Å². The van der Waals surface area contributed by atoms with Crippen LogP contribution in [0.15, 0.2) is 11.6 Å². The van der Waals surface area contributed by atoms with E-state index in [4.69, 9.17) is 5.73 Å². The zero-order chi connectivity index (χ0) is 14.0. The third-order valence-corrected chi connectivity index (χ3v) is 3.66. The van der Waals surface area contributed by atoms with Crippen molar-refractivity contribution in [2.45, 2.75) is 26.4 Å². The molecule has 0 aromatic carbocycles. The summed E-state index contributed by atoms with van der Waals surface area (Å²) in [7, 11) is 1.89. The summed E-state index contributed by atoms with van der Waals surface area (Å²) >= 11 is 1.58. The molecule has 104 valence electrons. The molecular weight excluding hydrogens is 262 g/mol. The van der Waals surface area contributed by atoms with Gasteiger partial charge in [0.25, 0.3) is 0 Å². The second-order valence-corrected chi connectivity index (χ2v) is 5.53. The normalized spacial score (nSPS) is 11.4. The van der Waals surface area contributed by atoms with E-state index in [-0.39, 0.29) is 18.5 Å². The van der Waals surface area contributed by atoms with E-state index >= 15 is 0 Å². The molecule has 7 heteroatoms. The van der Waals surface area contributed by atoms with Gasteiger partial charge < -0.3 is 16.0 Å². The second-order valence-electron chi connectivity index (χ2n) is 4.66. The number of thiazole rings is 1. The molecule has 0 fully saturated rings. The van der Waals surface area contributed by atoms with Crippen molar-refractivity contribution in [2.75, 3.05) is 18.5 Å². The number of nitrogens with one attached hydrogen (secondary N) is 1. The largest absolute Gasteiger partial charge is 0.368 e. The molecule has 0 aliphatic heterocycles. The lowest BCUT2D eigenvalue weighted by atomic mass is 10.2. The number of fused-ring (bicyclic) bond motifs is 1. The van der Waals surface area contributed by atoms with E-state index in [0.29, 0.717) is 6.54 Å². The number of amides is 1. The quantitative estimate of drug-likeness (QED) is 0.822. The Morgan fingerprint density at radius 1 is 1.63 bits per heavy atom. The fourth-order valence-corrected chi connectivity index (χ4v) is 2.78. The van der Waals surface area contributed by atoms with E-state index in [9.17, 15) is 4.79 Å². The molecule has 2 rings (SSSR count). The lowest BCUT2D eigenvalue weighted by molar-refractivity contribution is -0.116. The van der Waals surface area contributed by atoms with E-state index in [1.54, 1.807) is 11.3 Å². The SMILES string of the molecule is CNCc1c(N(CC(N)=O)C(C)C)nc2sccn12. The minimum atomic E-state index is -0.347. The molecule has 1 amide bonds. The molecule has 2 heterocycles. The number of hydrogen-bond donors (Lipinski definition) is 2. The van der Waals surface area contributed by atoms with Crippen molar-refractivity contribution in [1.82, 2.24) is 14.7 Å². The molecule has 0 aliphatic rings. The van der Waals surface area contributed by atoms with Crippen LogP contribution in [-0.2, 0) is 11.3 Å². The lowest BCUT2D eigenvalue weighted by Crippen LogP contribution is -2.39. The highest BCUT2D eigenvalue weighted by Gasteiger charge is 2.21. The molecule has 6 nitrogen and oxygen atoms in total. The Kier molecular flexibility index (Phi) is 4.06. The van der Waals surface area contributed by atoms with Crippen LogP contribution in [0.1, 0.15) is 19.5 Å². The molecule has 0 bridgehead atoms. The van der Waals surface area contributed by atoms with Crippen LogP contribution in [0, 0.1) is 0 Å². The maximum absolute atomic E-state index is 11.2. The minimum absolute atomic E-state index is 0.160. The van der Waals surface area contributed by atoms with Crippen LogP contribution in [-0.4, -0.2) is 34.9 Å². The predicted molar refractivity (Wildman–Crippen MR) is 77.5 cm³/mol. The molecule has 0 unspecified atom stereocenters. The molecule has 0 saturated carbocycles. The summed E-state index contributed by atoms with van der Waals surface area (Å²) in [6, 6.07) is 0.160. The zero-order valence-corrected chi connectivity index (χ0v) is 12.2. The highest BCUT2D eigenvalue weighted by atomic mass is 32.1. The Bertz CT molecular complexity index is 574. The van der Waals surface area contributed by atoms with Gasteiger partial charge in [0, 0.05) is 24.2 Å². The first-order chi connectivity index (χ1) is 9.04. The third kappa shape index (κ3) is 2.71. The van der Waals surface area contributed by atoms with Crippen molar-refractivity contribution in [3.63, 3.8) is 0 Å². The molecule has 0 saturated heterocycles. The first kappa shape index (κ1) is 13.8. The third-order valence-electron chi connectivity index (χ3n) is 2.91. The summed E-state index contributed by atoms with van der Waals surface area (Å²) in [5.74, 6) is 0.482. The topological polar surface area (TPSA) is 75.7 Å². The Morgan fingerprint density at radius 2 is 2.37 bits per heavy atom. The van der Waals surface area contributed by atoms with Gasteiger partial charge in [-0.3, -0.25) is 9.20 Å². The standard InChI is InChI=1S/C12H19N5OS/c1-8(2)17(7-10(13)18)11-9(6-14-3)16-4-5-19-12(16)15-11/h4-5,8,14H,6-7H2,1-3H3,(H2,13,18). The molecule has 2 aromatic heterocycles. The number of imidazole rings is 1. The molecule has 0 spiro atoms. The number of anilines is 1. The molecule has 3 N–H and O–H groups in total. The highest BCUT2D eigenvalue weighted by molar-refractivity contribution is 7.15. The Balaban J connectivity index is 2.48. The molecule has 0 aliphatic carbocycles. The Morgan fingerprint density at radius 3 is 2.95 bits per heavy atom. The Labute approximate surface area is 116 Å². The number of carbonyl (C=O) groups is 1. The summed E-state index contributed by atoms with van der Waals surface area (Å²) in [4.78, 5) is 18.7. The lowest BCUT2D eigenvalue weighted by Gasteiger charge is -2.26. The maximum Gasteiger partial charge on any atom is 0.237 e. The highest BCUT2D eigenvalue weighted by Crippen LogP contribution is 2.25. The van der Waals surface area contributed by atoms with Gasteiger partial charge in [-0.1, -0.05) is 0 Å². The molecule has 19 heavy (non-hydrogen) atoms. The van der Waals surface area contributed by atoms with Gasteiger partial charge in [-0.25, -0.2) is 4.98 Å². The van der Waals surface area contributed by atoms with Crippen LogP contribution in [0.25, 0.3) is 4.96 Å². The number of nitrogens with zero attached hydrogens (tertiary/aromatic N) is 3. The first-order valence-electron chi connectivity index (χ1n) is 6.18. The van der Waals surface area contributed by atoms with Crippen LogP contribution in [0.2, 0.25) is 0 Å². The minimum Gasteiger partial charge on any atom is -0.368 e. The van der Waals surface area contributed by atoms with E-state index in [1.807, 2.05) is 41.8 Å². The molecule has 0 radical (unpaired) electrons. The van der Waals surface area contributed by atoms with Gasteiger partial charge in [-0.05, 0) is 20.9 Å². The summed E-state index contributed by atoms with van der Waals surface area (Å²) in [6.45, 7) is 4.92. The van der Waals surface area contributed by atoms with Gasteiger partial charge in [0.15, 0.2) is 10.8 Å². The van der Waals surface area contributed by atoms with Crippen LogP contribution < -0.4 is 16.0 Å². The fraction of sp³-hybridized carbons (Fsp3) is 0.500. The smallest absolute Gasteiger partial charge is 0.237 e. The summed E-state index contributed by atoms with van der Waals surface area (Å²) in [5, 5.41) is 5.14. The predicted octanol–water partition coefficient (Wildman–Crippen LogP) is 0.815. The average molecular weight is 281 g/mol. The van der Waals surface area contributed by atoms with E-state index < -0.39 is 0 Å². The number of nitrogens with two attached hydrogens (primary N) is 1. The van der Waals surface area contributed by atoms with Gasteiger partial charge in [0.1, 0.15) is 0 Å². The molecule has 0 atom stereocenters. The van der Waals surface area contributed by atoms with E-state index in [1.165, 1.54) is 0 Å². The van der Waals surface area contributed by atoms with Crippen molar-refractivity contribution in [3.05, 3.63) is 17.3 Å². The molecular formula is C12H19N5OS. The number of carbonyl (C=O) groups excluding carboxylic acids is 1. The van der Waals surface area contributed by atoms with Gasteiger partial charge in [0.2, 0.25) is 5.91 Å². The number of rotatable bonds is 6. The summed E-state index contributed by atoms with van der Waals surface area (Å²) in [5.41, 5.74) is 6.38. The van der Waals surface area contributed by atoms with Crippen LogP contribution in [0.4, 0.5) is 5.82 Å². The van der Waals surface area contributed by atoms with Crippen LogP contribution in [0.5, 0.6) is 0 Å². The van der Waals surface area contributed by atoms with Gasteiger partial charge in [0.05, 0.1) is 12.2 Å². The van der Waals surface area contributed by atoms with Crippen molar-refractivity contribution in [3.8, 4) is 0 Å². The average Bonchev–Trinajstić information content (AvgIpc) is 2.88. The van der Waals surface area contributed by atoms with Crippen molar-refractivity contribution in [2.24, 2.45) is 5.73 Å². The van der Waals surface area contributed by atoms with Crippen molar-refractivity contribution < 1.29 is 4.79 Å².